The Morgan fingerprint density at radius 3 is 2.32 bits per heavy atom. The van der Waals surface area contributed by atoms with Gasteiger partial charge in [-0.1, -0.05) is 60.7 Å². The molecule has 4 aromatic rings. The largest absolute Gasteiger partial charge is 0.394 e. The highest BCUT2D eigenvalue weighted by Gasteiger charge is 2.19. The Bertz CT molecular complexity index is 1430. The molecule has 8 heteroatoms. The molecule has 0 saturated carbocycles. The zero-order valence-electron chi connectivity index (χ0n) is 18.1. The van der Waals surface area contributed by atoms with Gasteiger partial charge in [-0.3, -0.25) is 9.52 Å². The molecular formula is C26H23BrN2O4S. The van der Waals surface area contributed by atoms with Crippen LogP contribution in [0.5, 0.6) is 0 Å². The fourth-order valence-corrected chi connectivity index (χ4v) is 5.15. The van der Waals surface area contributed by atoms with Crippen molar-refractivity contribution in [3.8, 4) is 0 Å². The second-order valence-corrected chi connectivity index (χ2v) is 10.4. The van der Waals surface area contributed by atoms with Crippen LogP contribution in [0.2, 0.25) is 0 Å². The molecule has 0 aliphatic carbocycles. The molecule has 1 atom stereocenters. The molecule has 0 aromatic heterocycles. The van der Waals surface area contributed by atoms with Crippen molar-refractivity contribution in [2.45, 2.75) is 17.4 Å². The number of benzene rings is 4. The van der Waals surface area contributed by atoms with Gasteiger partial charge in [0.1, 0.15) is 0 Å². The van der Waals surface area contributed by atoms with Gasteiger partial charge in [0.2, 0.25) is 0 Å². The van der Waals surface area contributed by atoms with Gasteiger partial charge in [-0.05, 0) is 69.0 Å². The molecular weight excluding hydrogens is 516 g/mol. The minimum atomic E-state index is -3.87. The van der Waals surface area contributed by atoms with Gasteiger partial charge < -0.3 is 10.4 Å². The van der Waals surface area contributed by atoms with Gasteiger partial charge in [0.25, 0.3) is 15.9 Å². The van der Waals surface area contributed by atoms with Crippen molar-refractivity contribution in [2.24, 2.45) is 0 Å². The number of aliphatic hydroxyl groups is 1. The molecule has 0 radical (unpaired) electrons. The van der Waals surface area contributed by atoms with E-state index in [4.69, 9.17) is 0 Å². The molecule has 0 spiro atoms. The molecule has 34 heavy (non-hydrogen) atoms. The average molecular weight is 539 g/mol. The molecule has 0 aliphatic heterocycles. The van der Waals surface area contributed by atoms with Crippen LogP contribution in [-0.4, -0.2) is 32.1 Å². The number of carbonyl (C=O) groups excluding carboxylic acids is 1. The second kappa shape index (κ2) is 10.4. The van der Waals surface area contributed by atoms with Crippen molar-refractivity contribution in [1.82, 2.24) is 5.32 Å². The molecule has 0 heterocycles. The van der Waals surface area contributed by atoms with E-state index in [9.17, 15) is 18.3 Å². The quantitative estimate of drug-likeness (QED) is 0.302. The fourth-order valence-electron chi connectivity index (χ4n) is 3.63. The van der Waals surface area contributed by atoms with Gasteiger partial charge >= 0.3 is 0 Å². The number of rotatable bonds is 8. The van der Waals surface area contributed by atoms with Crippen molar-refractivity contribution < 1.29 is 18.3 Å². The van der Waals surface area contributed by atoms with E-state index in [1.54, 1.807) is 30.3 Å². The molecule has 1 amide bonds. The zero-order valence-corrected chi connectivity index (χ0v) is 20.5. The summed E-state index contributed by atoms with van der Waals surface area (Å²) in [5.74, 6) is -0.423. The summed E-state index contributed by atoms with van der Waals surface area (Å²) in [6.45, 7) is -0.230. The Morgan fingerprint density at radius 1 is 0.882 bits per heavy atom. The van der Waals surface area contributed by atoms with E-state index in [0.29, 0.717) is 10.9 Å². The maximum Gasteiger partial charge on any atom is 0.261 e. The topological polar surface area (TPSA) is 95.5 Å². The van der Waals surface area contributed by atoms with Gasteiger partial charge in [0, 0.05) is 10.2 Å². The van der Waals surface area contributed by atoms with Crippen LogP contribution in [0.3, 0.4) is 0 Å². The number of halogens is 1. The van der Waals surface area contributed by atoms with E-state index >= 15 is 0 Å². The van der Waals surface area contributed by atoms with E-state index in [-0.39, 0.29) is 22.8 Å². The van der Waals surface area contributed by atoms with Crippen molar-refractivity contribution in [2.75, 3.05) is 11.3 Å². The SMILES string of the molecule is O=C(N[C@H](CO)Cc1ccccc1)c1cc(NS(=O)(=O)c2ccc3ccccc3c2)ccc1Br. The van der Waals surface area contributed by atoms with Crippen molar-refractivity contribution in [3.05, 3.63) is 107 Å². The first-order valence-electron chi connectivity index (χ1n) is 10.6. The smallest absolute Gasteiger partial charge is 0.261 e. The van der Waals surface area contributed by atoms with E-state index in [2.05, 4.69) is 26.0 Å². The minimum absolute atomic E-state index is 0.128. The number of carbonyl (C=O) groups is 1. The number of nitrogens with one attached hydrogen (secondary N) is 2. The second-order valence-electron chi connectivity index (χ2n) is 7.85. The Labute approximate surface area is 206 Å². The summed E-state index contributed by atoms with van der Waals surface area (Å²) in [5, 5.41) is 14.3. The van der Waals surface area contributed by atoms with Crippen molar-refractivity contribution in [3.63, 3.8) is 0 Å². The van der Waals surface area contributed by atoms with Gasteiger partial charge in [-0.2, -0.15) is 0 Å². The van der Waals surface area contributed by atoms with Crippen LogP contribution in [0, 0.1) is 0 Å². The van der Waals surface area contributed by atoms with E-state index in [1.807, 2.05) is 54.6 Å². The number of sulfonamides is 1. The first kappa shape index (κ1) is 23.9. The number of hydrogen-bond acceptors (Lipinski definition) is 4. The third-order valence-electron chi connectivity index (χ3n) is 5.37. The lowest BCUT2D eigenvalue weighted by Crippen LogP contribution is -2.39. The lowest BCUT2D eigenvalue weighted by Gasteiger charge is -2.18. The number of fused-ring (bicyclic) bond motifs is 1. The molecule has 0 fully saturated rings. The summed E-state index contributed by atoms with van der Waals surface area (Å²) < 4.78 is 29.0. The Morgan fingerprint density at radius 2 is 1.59 bits per heavy atom. The summed E-state index contributed by atoms with van der Waals surface area (Å²) in [7, 11) is -3.87. The minimum Gasteiger partial charge on any atom is -0.394 e. The highest BCUT2D eigenvalue weighted by Crippen LogP contribution is 2.25. The molecule has 3 N–H and O–H groups in total. The number of hydrogen-bond donors (Lipinski definition) is 3. The van der Waals surface area contributed by atoms with Gasteiger partial charge in [-0.15, -0.1) is 0 Å². The molecule has 174 valence electrons. The van der Waals surface area contributed by atoms with Crippen LogP contribution >= 0.6 is 15.9 Å². The van der Waals surface area contributed by atoms with Crippen LogP contribution in [0.15, 0.2) is 100 Å². The Hall–Kier alpha value is -3.20. The predicted octanol–water partition coefficient (Wildman–Crippen LogP) is 4.74. The first-order chi connectivity index (χ1) is 16.4. The summed E-state index contributed by atoms with van der Waals surface area (Å²) in [4.78, 5) is 13.1. The van der Waals surface area contributed by atoms with Crippen molar-refractivity contribution >= 4 is 48.3 Å². The van der Waals surface area contributed by atoms with Crippen LogP contribution in [0.4, 0.5) is 5.69 Å². The molecule has 0 saturated heterocycles. The van der Waals surface area contributed by atoms with E-state index in [1.165, 1.54) is 6.07 Å². The monoisotopic (exact) mass is 538 g/mol. The molecule has 0 unspecified atom stereocenters. The number of aliphatic hydroxyl groups excluding tert-OH is 1. The van der Waals surface area contributed by atoms with Gasteiger partial charge in [-0.25, -0.2) is 8.42 Å². The zero-order chi connectivity index (χ0) is 24.1. The predicted molar refractivity (Wildman–Crippen MR) is 137 cm³/mol. The van der Waals surface area contributed by atoms with Crippen LogP contribution < -0.4 is 10.0 Å². The van der Waals surface area contributed by atoms with Crippen LogP contribution in [0.1, 0.15) is 15.9 Å². The van der Waals surface area contributed by atoms with Crippen LogP contribution in [-0.2, 0) is 16.4 Å². The Kier molecular flexibility index (Phi) is 7.31. The Balaban J connectivity index is 1.53. The highest BCUT2D eigenvalue weighted by molar-refractivity contribution is 9.10. The standard InChI is InChI=1S/C26H23BrN2O4S/c27-25-13-11-21(29-34(32,33)23-12-10-19-8-4-5-9-20(19)15-23)16-24(25)26(31)28-22(17-30)14-18-6-2-1-3-7-18/h1-13,15-16,22,29-30H,14,17H2,(H,28,31)/t22-/m0/s1. The van der Waals surface area contributed by atoms with Crippen molar-refractivity contribution in [1.29, 1.82) is 0 Å². The summed E-state index contributed by atoms with van der Waals surface area (Å²) in [6, 6.07) is 26.1. The van der Waals surface area contributed by atoms with E-state index < -0.39 is 22.0 Å². The third kappa shape index (κ3) is 5.64. The van der Waals surface area contributed by atoms with Gasteiger partial charge in [0.15, 0.2) is 0 Å². The first-order valence-corrected chi connectivity index (χ1v) is 12.9. The maximum absolute atomic E-state index is 13.0. The number of anilines is 1. The molecule has 6 nitrogen and oxygen atoms in total. The van der Waals surface area contributed by atoms with E-state index in [0.717, 1.165) is 16.3 Å². The molecule has 0 aliphatic rings. The summed E-state index contributed by atoms with van der Waals surface area (Å²) in [5.41, 5.74) is 1.49. The number of amides is 1. The average Bonchev–Trinajstić information content (AvgIpc) is 2.85. The normalized spacial score (nSPS) is 12.3. The third-order valence-corrected chi connectivity index (χ3v) is 7.45. The molecule has 4 rings (SSSR count). The summed E-state index contributed by atoms with van der Waals surface area (Å²) in [6.07, 6.45) is 0.467. The molecule has 0 bridgehead atoms. The molecule has 4 aromatic carbocycles. The van der Waals surface area contributed by atoms with Gasteiger partial charge in [0.05, 0.1) is 23.1 Å². The maximum atomic E-state index is 13.0. The summed E-state index contributed by atoms with van der Waals surface area (Å²) >= 11 is 3.36. The highest BCUT2D eigenvalue weighted by atomic mass is 79.9. The lowest BCUT2D eigenvalue weighted by atomic mass is 10.1. The lowest BCUT2D eigenvalue weighted by molar-refractivity contribution is 0.0915. The van der Waals surface area contributed by atoms with Crippen LogP contribution in [0.25, 0.3) is 10.8 Å². The fraction of sp³-hybridized carbons (Fsp3) is 0.115.